The van der Waals surface area contributed by atoms with Gasteiger partial charge in [0.05, 0.1) is 18.4 Å². The Morgan fingerprint density at radius 2 is 2.22 bits per heavy atom. The van der Waals surface area contributed by atoms with Crippen molar-refractivity contribution in [3.8, 4) is 0 Å². The number of nitrogens with zero attached hydrogens (tertiary/aromatic N) is 3. The highest BCUT2D eigenvalue weighted by atomic mass is 35.5. The average Bonchev–Trinajstić information content (AvgIpc) is 3.22. The Balaban J connectivity index is 1.41. The van der Waals surface area contributed by atoms with Crippen LogP contribution in [0.4, 0.5) is 5.69 Å². The van der Waals surface area contributed by atoms with E-state index in [9.17, 15) is 4.79 Å². The summed E-state index contributed by atoms with van der Waals surface area (Å²) in [6, 6.07) is 5.50. The summed E-state index contributed by atoms with van der Waals surface area (Å²) < 4.78 is 7.95. The van der Waals surface area contributed by atoms with Gasteiger partial charge in [0, 0.05) is 23.2 Å². The molecule has 1 saturated heterocycles. The van der Waals surface area contributed by atoms with Crippen molar-refractivity contribution in [2.75, 3.05) is 17.7 Å². The predicted octanol–water partition coefficient (Wildman–Crippen LogP) is 4.03. The molecule has 1 aromatic heterocycles. The number of carbonyl (C=O) groups excluding carboxylic acids is 1. The van der Waals surface area contributed by atoms with Gasteiger partial charge in [-0.15, -0.1) is 10.2 Å². The lowest BCUT2D eigenvalue weighted by molar-refractivity contribution is -0.113. The summed E-state index contributed by atoms with van der Waals surface area (Å²) in [4.78, 5) is 12.4. The first-order valence-electron chi connectivity index (χ1n) is 9.34. The van der Waals surface area contributed by atoms with Crippen LogP contribution >= 0.6 is 23.4 Å². The molecule has 4 rings (SSSR count). The molecule has 2 aliphatic rings. The molecule has 8 heteroatoms. The lowest BCUT2D eigenvalue weighted by Gasteiger charge is -2.14. The monoisotopic (exact) mass is 406 g/mol. The molecular weight excluding hydrogens is 384 g/mol. The Bertz CT molecular complexity index is 831. The molecule has 2 aromatic rings. The average molecular weight is 407 g/mol. The maximum Gasteiger partial charge on any atom is 0.234 e. The number of ether oxygens (including phenoxy) is 1. The molecule has 27 heavy (non-hydrogen) atoms. The third-order valence-electron chi connectivity index (χ3n) is 4.97. The minimum Gasteiger partial charge on any atom is -0.376 e. The van der Waals surface area contributed by atoms with Crippen molar-refractivity contribution < 1.29 is 9.53 Å². The van der Waals surface area contributed by atoms with Crippen molar-refractivity contribution in [1.29, 1.82) is 0 Å². The molecule has 144 valence electrons. The molecule has 2 fully saturated rings. The fourth-order valence-electron chi connectivity index (χ4n) is 3.27. The highest BCUT2D eigenvalue weighted by molar-refractivity contribution is 7.99. The zero-order valence-corrected chi connectivity index (χ0v) is 16.9. The van der Waals surface area contributed by atoms with Crippen molar-refractivity contribution in [3.05, 3.63) is 34.6 Å². The minimum atomic E-state index is -0.0787. The molecule has 6 nitrogen and oxygen atoms in total. The van der Waals surface area contributed by atoms with Gasteiger partial charge in [0.2, 0.25) is 5.91 Å². The molecule has 1 saturated carbocycles. The number of benzene rings is 1. The van der Waals surface area contributed by atoms with E-state index in [0.29, 0.717) is 10.9 Å². The summed E-state index contributed by atoms with van der Waals surface area (Å²) in [6.45, 7) is 3.50. The molecular formula is C19H23ClN4O2S. The summed E-state index contributed by atoms with van der Waals surface area (Å²) in [5.74, 6) is 1.75. The number of aromatic nitrogens is 3. The number of hydrogen-bond donors (Lipinski definition) is 1. The number of rotatable bonds is 7. The van der Waals surface area contributed by atoms with Crippen LogP contribution in [0.3, 0.4) is 0 Å². The van der Waals surface area contributed by atoms with Gasteiger partial charge in [-0.3, -0.25) is 4.79 Å². The van der Waals surface area contributed by atoms with E-state index in [1.807, 2.05) is 25.1 Å². The second-order valence-electron chi connectivity index (χ2n) is 7.11. The van der Waals surface area contributed by atoms with Crippen molar-refractivity contribution in [2.24, 2.45) is 0 Å². The highest BCUT2D eigenvalue weighted by Crippen LogP contribution is 2.40. The van der Waals surface area contributed by atoms with Crippen LogP contribution < -0.4 is 5.32 Å². The number of anilines is 1. The SMILES string of the molecule is Cc1c(Cl)cccc1NC(=O)CSc1nnc(C2CC2)n1CC1CCCO1. The van der Waals surface area contributed by atoms with Crippen molar-refractivity contribution in [3.63, 3.8) is 0 Å². The maximum absolute atomic E-state index is 12.4. The number of halogens is 1. The largest absolute Gasteiger partial charge is 0.376 e. The number of nitrogens with one attached hydrogen (secondary N) is 1. The molecule has 1 amide bonds. The topological polar surface area (TPSA) is 69.0 Å². The third-order valence-corrected chi connectivity index (χ3v) is 6.35. The molecule has 2 heterocycles. The van der Waals surface area contributed by atoms with Gasteiger partial charge in [0.1, 0.15) is 5.82 Å². The Morgan fingerprint density at radius 1 is 1.37 bits per heavy atom. The van der Waals surface area contributed by atoms with Gasteiger partial charge in [-0.25, -0.2) is 0 Å². The third kappa shape index (κ3) is 4.47. The van der Waals surface area contributed by atoms with E-state index in [-0.39, 0.29) is 17.8 Å². The maximum atomic E-state index is 12.4. The van der Waals surface area contributed by atoms with Gasteiger partial charge in [-0.1, -0.05) is 29.4 Å². The number of amides is 1. The number of hydrogen-bond acceptors (Lipinski definition) is 5. The van der Waals surface area contributed by atoms with Crippen molar-refractivity contribution >= 4 is 35.0 Å². The van der Waals surface area contributed by atoms with Crippen molar-refractivity contribution in [2.45, 2.75) is 56.3 Å². The van der Waals surface area contributed by atoms with Crippen LogP contribution in [0.15, 0.2) is 23.4 Å². The first kappa shape index (κ1) is 18.8. The van der Waals surface area contributed by atoms with Gasteiger partial charge in [-0.05, 0) is 50.3 Å². The second-order valence-corrected chi connectivity index (χ2v) is 8.46. The summed E-state index contributed by atoms with van der Waals surface area (Å²) in [5, 5.41) is 13.1. The molecule has 1 aliphatic carbocycles. The van der Waals surface area contributed by atoms with Crippen LogP contribution in [0, 0.1) is 6.92 Å². The Hall–Kier alpha value is -1.57. The Morgan fingerprint density at radius 3 is 2.96 bits per heavy atom. The molecule has 1 N–H and O–H groups in total. The van der Waals surface area contributed by atoms with Gasteiger partial charge >= 0.3 is 0 Å². The Labute approximate surface area is 168 Å². The molecule has 0 radical (unpaired) electrons. The van der Waals surface area contributed by atoms with Gasteiger partial charge in [-0.2, -0.15) is 0 Å². The molecule has 1 atom stereocenters. The zero-order chi connectivity index (χ0) is 18.8. The summed E-state index contributed by atoms with van der Waals surface area (Å²) in [7, 11) is 0. The van der Waals surface area contributed by atoms with Crippen LogP contribution in [0.1, 0.15) is 43.0 Å². The first-order chi connectivity index (χ1) is 13.1. The van der Waals surface area contributed by atoms with Gasteiger partial charge < -0.3 is 14.6 Å². The summed E-state index contributed by atoms with van der Waals surface area (Å²) >= 11 is 7.54. The predicted molar refractivity (Wildman–Crippen MR) is 107 cm³/mol. The van der Waals surface area contributed by atoms with Gasteiger partial charge in [0.15, 0.2) is 5.16 Å². The smallest absolute Gasteiger partial charge is 0.234 e. The normalized spacial score (nSPS) is 19.4. The second kappa shape index (κ2) is 8.20. The van der Waals surface area contributed by atoms with Crippen LogP contribution in [0.5, 0.6) is 0 Å². The van der Waals surface area contributed by atoms with Crippen molar-refractivity contribution in [1.82, 2.24) is 14.8 Å². The van der Waals surface area contributed by atoms with E-state index in [1.165, 1.54) is 24.6 Å². The summed E-state index contributed by atoms with van der Waals surface area (Å²) in [6.07, 6.45) is 4.74. The molecule has 0 spiro atoms. The molecule has 1 aliphatic heterocycles. The molecule has 1 unspecified atom stereocenters. The lowest BCUT2D eigenvalue weighted by Crippen LogP contribution is -2.19. The number of carbonyl (C=O) groups is 1. The van der Waals surface area contributed by atoms with E-state index in [1.54, 1.807) is 0 Å². The van der Waals surface area contributed by atoms with E-state index in [4.69, 9.17) is 16.3 Å². The van der Waals surface area contributed by atoms with Crippen LogP contribution in [-0.2, 0) is 16.1 Å². The van der Waals surface area contributed by atoms with E-state index in [2.05, 4.69) is 20.1 Å². The minimum absolute atomic E-state index is 0.0787. The molecule has 1 aromatic carbocycles. The lowest BCUT2D eigenvalue weighted by atomic mass is 10.2. The Kier molecular flexibility index (Phi) is 5.71. The van der Waals surface area contributed by atoms with E-state index < -0.39 is 0 Å². The number of thioether (sulfide) groups is 1. The summed E-state index contributed by atoms with van der Waals surface area (Å²) in [5.41, 5.74) is 1.61. The van der Waals surface area contributed by atoms with Crippen LogP contribution in [0.25, 0.3) is 0 Å². The van der Waals surface area contributed by atoms with E-state index >= 15 is 0 Å². The van der Waals surface area contributed by atoms with Crippen LogP contribution in [-0.4, -0.2) is 39.1 Å². The van der Waals surface area contributed by atoms with Crippen LogP contribution in [0.2, 0.25) is 5.02 Å². The standard InChI is InChI=1S/C19H23ClN4O2S/c1-12-15(20)5-2-6-16(12)21-17(25)11-27-19-23-22-18(13-7-8-13)24(19)10-14-4-3-9-26-14/h2,5-6,13-14H,3-4,7-11H2,1H3,(H,21,25). The quantitative estimate of drug-likeness (QED) is 0.703. The fraction of sp³-hybridized carbons (Fsp3) is 0.526. The van der Waals surface area contributed by atoms with E-state index in [0.717, 1.165) is 48.2 Å². The van der Waals surface area contributed by atoms with Gasteiger partial charge in [0.25, 0.3) is 0 Å². The fourth-order valence-corrected chi connectivity index (χ4v) is 4.20. The highest BCUT2D eigenvalue weighted by Gasteiger charge is 2.32. The molecule has 0 bridgehead atoms. The first-order valence-corrected chi connectivity index (χ1v) is 10.7. The zero-order valence-electron chi connectivity index (χ0n) is 15.3.